The molecule has 6 nitrogen and oxygen atoms in total. The molecule has 1 heterocycles. The Morgan fingerprint density at radius 1 is 1.19 bits per heavy atom. The van der Waals surface area contributed by atoms with E-state index in [0.29, 0.717) is 24.6 Å². The predicted octanol–water partition coefficient (Wildman–Crippen LogP) is 2.00. The fraction of sp³-hybridized carbons (Fsp3) is 0.600. The van der Waals surface area contributed by atoms with Gasteiger partial charge >= 0.3 is 0 Å². The molecule has 1 aliphatic heterocycles. The lowest BCUT2D eigenvalue weighted by Gasteiger charge is -2.35. The molecule has 1 aromatic carbocycles. The maximum atomic E-state index is 12.0. The van der Waals surface area contributed by atoms with Gasteiger partial charge in [0.25, 0.3) is 0 Å². The minimum Gasteiger partial charge on any atom is -0.354 e. The van der Waals surface area contributed by atoms with Crippen LogP contribution in [-0.4, -0.2) is 62.1 Å². The van der Waals surface area contributed by atoms with Crippen LogP contribution in [0.25, 0.3) is 0 Å². The van der Waals surface area contributed by atoms with Gasteiger partial charge in [0.2, 0.25) is 5.91 Å². The van der Waals surface area contributed by atoms with Crippen LogP contribution in [0.1, 0.15) is 32.3 Å². The Morgan fingerprint density at radius 2 is 1.85 bits per heavy atom. The molecule has 0 spiro atoms. The average Bonchev–Trinajstić information content (AvgIpc) is 2.66. The summed E-state index contributed by atoms with van der Waals surface area (Å²) in [5.41, 5.74) is 1.23. The fourth-order valence-electron chi connectivity index (χ4n) is 3.17. The lowest BCUT2D eigenvalue weighted by molar-refractivity contribution is -0.119. The van der Waals surface area contributed by atoms with Gasteiger partial charge in [0.1, 0.15) is 0 Å². The van der Waals surface area contributed by atoms with Gasteiger partial charge in [0.15, 0.2) is 5.96 Å². The second-order valence-corrected chi connectivity index (χ2v) is 7.06. The first-order valence-corrected chi connectivity index (χ1v) is 9.60. The van der Waals surface area contributed by atoms with E-state index in [4.69, 9.17) is 0 Å². The summed E-state index contributed by atoms with van der Waals surface area (Å²) in [6, 6.07) is 11.2. The molecular formula is C20H34IN5O. The van der Waals surface area contributed by atoms with E-state index in [2.05, 4.69) is 51.8 Å². The molecule has 3 N–H and O–H groups in total. The van der Waals surface area contributed by atoms with E-state index >= 15 is 0 Å². The van der Waals surface area contributed by atoms with E-state index in [-0.39, 0.29) is 36.4 Å². The summed E-state index contributed by atoms with van der Waals surface area (Å²) >= 11 is 0. The number of halogens is 1. The van der Waals surface area contributed by atoms with Gasteiger partial charge in [-0.3, -0.25) is 9.79 Å². The molecule has 2 rings (SSSR count). The third kappa shape index (κ3) is 8.92. The molecule has 1 saturated heterocycles. The normalized spacial score (nSPS) is 15.9. The molecule has 0 aliphatic carbocycles. The molecule has 1 aromatic rings. The van der Waals surface area contributed by atoms with Crippen LogP contribution >= 0.6 is 24.0 Å². The van der Waals surface area contributed by atoms with Crippen molar-refractivity contribution in [3.63, 3.8) is 0 Å². The Labute approximate surface area is 180 Å². The largest absolute Gasteiger partial charge is 0.354 e. The van der Waals surface area contributed by atoms with Crippen molar-refractivity contribution in [1.82, 2.24) is 20.9 Å². The predicted molar refractivity (Wildman–Crippen MR) is 123 cm³/mol. The summed E-state index contributed by atoms with van der Waals surface area (Å²) in [6.45, 7) is 7.57. The van der Waals surface area contributed by atoms with Gasteiger partial charge in [-0.05, 0) is 38.7 Å². The van der Waals surface area contributed by atoms with Gasteiger partial charge in [0.05, 0.1) is 6.54 Å². The second-order valence-electron chi connectivity index (χ2n) is 7.06. The van der Waals surface area contributed by atoms with Crippen LogP contribution in [0.5, 0.6) is 0 Å². The highest BCUT2D eigenvalue weighted by Gasteiger charge is 2.21. The van der Waals surface area contributed by atoms with Crippen LogP contribution in [0.15, 0.2) is 35.3 Å². The first kappa shape index (κ1) is 23.7. The third-order valence-electron chi connectivity index (χ3n) is 4.82. The fourth-order valence-corrected chi connectivity index (χ4v) is 3.17. The molecule has 0 radical (unpaired) electrons. The highest BCUT2D eigenvalue weighted by Crippen LogP contribution is 2.12. The Balaban J connectivity index is 0.00000364. The first-order chi connectivity index (χ1) is 12.6. The molecule has 0 atom stereocenters. The number of nitrogens with one attached hydrogen (secondary N) is 3. The number of carbonyl (C=O) groups excluding carboxylic acids is 1. The van der Waals surface area contributed by atoms with E-state index in [1.807, 2.05) is 18.2 Å². The van der Waals surface area contributed by atoms with Crippen LogP contribution in [0.2, 0.25) is 0 Å². The van der Waals surface area contributed by atoms with Gasteiger partial charge < -0.3 is 20.9 Å². The molecule has 1 amide bonds. The van der Waals surface area contributed by atoms with Crippen LogP contribution in [-0.2, 0) is 11.2 Å². The second kappa shape index (κ2) is 12.9. The lowest BCUT2D eigenvalue weighted by atomic mass is 10.0. The van der Waals surface area contributed by atoms with Crippen molar-refractivity contribution in [3.8, 4) is 0 Å². The standard InChI is InChI=1S/C20H33N5O.HI/c1-16(2)25-13-10-18(11-14-25)24-20(21-3)23-15-19(26)22-12-9-17-7-5-4-6-8-17;/h4-8,16,18H,9-15H2,1-3H3,(H,22,26)(H2,21,23,24);1H. The van der Waals surface area contributed by atoms with Gasteiger partial charge in [-0.25, -0.2) is 0 Å². The topological polar surface area (TPSA) is 68.8 Å². The summed E-state index contributed by atoms with van der Waals surface area (Å²) in [7, 11) is 1.74. The number of aliphatic imine (C=N–C) groups is 1. The smallest absolute Gasteiger partial charge is 0.239 e. The quantitative estimate of drug-likeness (QED) is 0.313. The van der Waals surface area contributed by atoms with E-state index < -0.39 is 0 Å². The SMILES string of the molecule is CN=C(NCC(=O)NCCc1ccccc1)NC1CCN(C(C)C)CC1.I. The van der Waals surface area contributed by atoms with E-state index in [9.17, 15) is 4.79 Å². The number of hydrogen-bond acceptors (Lipinski definition) is 3. The highest BCUT2D eigenvalue weighted by molar-refractivity contribution is 14.0. The Morgan fingerprint density at radius 3 is 2.44 bits per heavy atom. The minimum absolute atomic E-state index is 0. The first-order valence-electron chi connectivity index (χ1n) is 9.60. The van der Waals surface area contributed by atoms with Crippen LogP contribution < -0.4 is 16.0 Å². The summed E-state index contributed by atoms with van der Waals surface area (Å²) in [5, 5.41) is 9.49. The molecular weight excluding hydrogens is 453 g/mol. The Hall–Kier alpha value is -1.35. The van der Waals surface area contributed by atoms with Crippen molar-refractivity contribution in [2.75, 3.05) is 33.2 Å². The van der Waals surface area contributed by atoms with Gasteiger partial charge in [-0.2, -0.15) is 0 Å². The van der Waals surface area contributed by atoms with E-state index in [1.165, 1.54) is 5.56 Å². The summed E-state index contributed by atoms with van der Waals surface area (Å²) < 4.78 is 0. The molecule has 0 bridgehead atoms. The van der Waals surface area contributed by atoms with Crippen molar-refractivity contribution in [2.24, 2.45) is 4.99 Å². The average molecular weight is 487 g/mol. The lowest BCUT2D eigenvalue weighted by Crippen LogP contribution is -2.51. The molecule has 0 saturated carbocycles. The number of rotatable bonds is 7. The molecule has 152 valence electrons. The van der Waals surface area contributed by atoms with Gasteiger partial charge in [0, 0.05) is 38.8 Å². The molecule has 7 heteroatoms. The van der Waals surface area contributed by atoms with Crippen molar-refractivity contribution < 1.29 is 4.79 Å². The minimum atomic E-state index is -0.0153. The number of likely N-dealkylation sites (tertiary alicyclic amines) is 1. The monoisotopic (exact) mass is 487 g/mol. The van der Waals surface area contributed by atoms with Crippen molar-refractivity contribution in [1.29, 1.82) is 0 Å². The number of amides is 1. The van der Waals surface area contributed by atoms with Crippen LogP contribution in [0.4, 0.5) is 0 Å². The molecule has 27 heavy (non-hydrogen) atoms. The van der Waals surface area contributed by atoms with Gasteiger partial charge in [-0.15, -0.1) is 24.0 Å². The number of benzene rings is 1. The number of carbonyl (C=O) groups is 1. The van der Waals surface area contributed by atoms with Crippen LogP contribution in [0.3, 0.4) is 0 Å². The zero-order chi connectivity index (χ0) is 18.8. The number of nitrogens with zero attached hydrogens (tertiary/aromatic N) is 2. The summed E-state index contributed by atoms with van der Waals surface area (Å²) in [6.07, 6.45) is 3.04. The van der Waals surface area contributed by atoms with Crippen molar-refractivity contribution in [2.45, 2.75) is 45.2 Å². The molecule has 1 aliphatic rings. The molecule has 0 aromatic heterocycles. The van der Waals surface area contributed by atoms with Crippen molar-refractivity contribution in [3.05, 3.63) is 35.9 Å². The number of piperidine rings is 1. The summed E-state index contributed by atoms with van der Waals surface area (Å²) in [4.78, 5) is 18.7. The summed E-state index contributed by atoms with van der Waals surface area (Å²) in [5.74, 6) is 0.685. The number of guanidine groups is 1. The molecule has 1 fully saturated rings. The van der Waals surface area contributed by atoms with E-state index in [1.54, 1.807) is 7.05 Å². The third-order valence-corrected chi connectivity index (χ3v) is 4.82. The Kier molecular flexibility index (Phi) is 11.3. The van der Waals surface area contributed by atoms with Crippen molar-refractivity contribution >= 4 is 35.8 Å². The van der Waals surface area contributed by atoms with Gasteiger partial charge in [-0.1, -0.05) is 30.3 Å². The highest BCUT2D eigenvalue weighted by atomic mass is 127. The maximum Gasteiger partial charge on any atom is 0.239 e. The maximum absolute atomic E-state index is 12.0. The Bertz CT molecular complexity index is 571. The number of hydrogen-bond donors (Lipinski definition) is 3. The zero-order valence-electron chi connectivity index (χ0n) is 16.7. The van der Waals surface area contributed by atoms with Crippen LogP contribution in [0, 0.1) is 0 Å². The zero-order valence-corrected chi connectivity index (χ0v) is 19.0. The van der Waals surface area contributed by atoms with E-state index in [0.717, 1.165) is 32.4 Å². The molecule has 0 unspecified atom stereocenters.